The maximum absolute atomic E-state index is 11.1. The third kappa shape index (κ3) is 5.14. The van der Waals surface area contributed by atoms with E-state index in [9.17, 15) is 8.42 Å². The molecule has 90 valence electrons. The second kappa shape index (κ2) is 6.50. The SMILES string of the molecule is CCS(=O)(=O)CCNC/C=C/c1ccco1. The lowest BCUT2D eigenvalue weighted by atomic mass is 10.4. The first-order valence-electron chi connectivity index (χ1n) is 5.25. The van der Waals surface area contributed by atoms with E-state index in [1.54, 1.807) is 13.2 Å². The zero-order valence-electron chi connectivity index (χ0n) is 9.35. The van der Waals surface area contributed by atoms with Crippen LogP contribution in [0.2, 0.25) is 0 Å². The summed E-state index contributed by atoms with van der Waals surface area (Å²) >= 11 is 0. The van der Waals surface area contributed by atoms with E-state index < -0.39 is 9.84 Å². The van der Waals surface area contributed by atoms with Gasteiger partial charge in [0.05, 0.1) is 12.0 Å². The summed E-state index contributed by atoms with van der Waals surface area (Å²) in [6.07, 6.45) is 5.36. The Balaban J connectivity index is 2.13. The number of sulfone groups is 1. The Bertz CT molecular complexity index is 406. The lowest BCUT2D eigenvalue weighted by Gasteiger charge is -2.01. The van der Waals surface area contributed by atoms with Crippen LogP contribution in [-0.2, 0) is 9.84 Å². The average molecular weight is 243 g/mol. The topological polar surface area (TPSA) is 59.3 Å². The summed E-state index contributed by atoms with van der Waals surface area (Å²) in [5.74, 6) is 1.19. The van der Waals surface area contributed by atoms with E-state index in [-0.39, 0.29) is 11.5 Å². The smallest absolute Gasteiger partial charge is 0.151 e. The molecule has 0 atom stereocenters. The first-order chi connectivity index (χ1) is 7.64. The summed E-state index contributed by atoms with van der Waals surface area (Å²) in [6.45, 7) is 2.78. The van der Waals surface area contributed by atoms with Crippen molar-refractivity contribution in [1.82, 2.24) is 5.32 Å². The summed E-state index contributed by atoms with van der Waals surface area (Å²) in [6, 6.07) is 3.68. The second-order valence-electron chi connectivity index (χ2n) is 3.36. The minimum atomic E-state index is -2.85. The first kappa shape index (κ1) is 13.0. The van der Waals surface area contributed by atoms with Gasteiger partial charge in [0.15, 0.2) is 9.84 Å². The molecule has 1 heterocycles. The van der Waals surface area contributed by atoms with Crippen molar-refractivity contribution in [2.75, 3.05) is 24.6 Å². The molecule has 0 amide bonds. The fourth-order valence-electron chi connectivity index (χ4n) is 1.12. The van der Waals surface area contributed by atoms with E-state index in [1.165, 1.54) is 0 Å². The number of furan rings is 1. The van der Waals surface area contributed by atoms with Crippen LogP contribution < -0.4 is 5.32 Å². The van der Waals surface area contributed by atoms with Crippen LogP contribution in [0.15, 0.2) is 28.9 Å². The van der Waals surface area contributed by atoms with Gasteiger partial charge in [-0.1, -0.05) is 13.0 Å². The third-order valence-electron chi connectivity index (χ3n) is 2.12. The third-order valence-corrected chi connectivity index (χ3v) is 3.82. The summed E-state index contributed by atoms with van der Waals surface area (Å²) in [5.41, 5.74) is 0. The van der Waals surface area contributed by atoms with Crippen LogP contribution in [0.4, 0.5) is 0 Å². The quantitative estimate of drug-likeness (QED) is 0.734. The fraction of sp³-hybridized carbons (Fsp3) is 0.455. The molecule has 0 aliphatic carbocycles. The van der Waals surface area contributed by atoms with Gasteiger partial charge in [0.25, 0.3) is 0 Å². The van der Waals surface area contributed by atoms with Gasteiger partial charge in [-0.05, 0) is 18.2 Å². The fourth-order valence-corrected chi connectivity index (χ4v) is 1.86. The predicted molar refractivity (Wildman–Crippen MR) is 64.9 cm³/mol. The molecule has 1 aromatic rings. The van der Waals surface area contributed by atoms with Crippen molar-refractivity contribution in [2.45, 2.75) is 6.92 Å². The van der Waals surface area contributed by atoms with Crippen LogP contribution in [0.5, 0.6) is 0 Å². The minimum absolute atomic E-state index is 0.193. The lowest BCUT2D eigenvalue weighted by Crippen LogP contribution is -2.23. The first-order valence-corrected chi connectivity index (χ1v) is 7.07. The zero-order valence-corrected chi connectivity index (χ0v) is 10.2. The van der Waals surface area contributed by atoms with Gasteiger partial charge in [-0.15, -0.1) is 0 Å². The largest absolute Gasteiger partial charge is 0.465 e. The monoisotopic (exact) mass is 243 g/mol. The van der Waals surface area contributed by atoms with Crippen LogP contribution in [0.1, 0.15) is 12.7 Å². The Hall–Kier alpha value is -1.07. The molecule has 5 heteroatoms. The molecule has 1 aromatic heterocycles. The molecular weight excluding hydrogens is 226 g/mol. The van der Waals surface area contributed by atoms with Crippen molar-refractivity contribution < 1.29 is 12.8 Å². The van der Waals surface area contributed by atoms with E-state index >= 15 is 0 Å². The molecule has 0 spiro atoms. The Kier molecular flexibility index (Phi) is 5.28. The van der Waals surface area contributed by atoms with Crippen molar-refractivity contribution in [3.63, 3.8) is 0 Å². The highest BCUT2D eigenvalue weighted by Crippen LogP contribution is 2.01. The summed E-state index contributed by atoms with van der Waals surface area (Å²) in [7, 11) is -2.85. The normalized spacial score (nSPS) is 12.3. The molecule has 1 N–H and O–H groups in total. The van der Waals surface area contributed by atoms with E-state index in [1.807, 2.05) is 24.3 Å². The molecule has 16 heavy (non-hydrogen) atoms. The number of rotatable bonds is 7. The Morgan fingerprint density at radius 3 is 2.94 bits per heavy atom. The predicted octanol–water partition coefficient (Wildman–Crippen LogP) is 1.32. The number of hydrogen-bond acceptors (Lipinski definition) is 4. The van der Waals surface area contributed by atoms with Crippen LogP contribution >= 0.6 is 0 Å². The molecule has 0 fully saturated rings. The molecule has 0 saturated carbocycles. The van der Waals surface area contributed by atoms with Crippen LogP contribution in [-0.4, -0.2) is 33.0 Å². The maximum Gasteiger partial charge on any atom is 0.151 e. The number of hydrogen-bond donors (Lipinski definition) is 1. The zero-order chi connectivity index (χ0) is 11.9. The van der Waals surface area contributed by atoms with Gasteiger partial charge in [-0.25, -0.2) is 8.42 Å². The van der Waals surface area contributed by atoms with Crippen molar-refractivity contribution in [2.24, 2.45) is 0 Å². The lowest BCUT2D eigenvalue weighted by molar-refractivity contribution is 0.556. The Morgan fingerprint density at radius 1 is 1.50 bits per heavy atom. The highest BCUT2D eigenvalue weighted by molar-refractivity contribution is 7.91. The van der Waals surface area contributed by atoms with Crippen molar-refractivity contribution >= 4 is 15.9 Å². The van der Waals surface area contributed by atoms with E-state index in [0.717, 1.165) is 5.76 Å². The summed E-state index contributed by atoms with van der Waals surface area (Å²) in [5, 5.41) is 3.03. The van der Waals surface area contributed by atoms with Gasteiger partial charge in [0.2, 0.25) is 0 Å². The van der Waals surface area contributed by atoms with E-state index in [2.05, 4.69) is 5.32 Å². The number of nitrogens with one attached hydrogen (secondary N) is 1. The molecule has 0 radical (unpaired) electrons. The Labute approximate surface area is 96.3 Å². The standard InChI is InChI=1S/C11H17NO3S/c1-2-16(13,14)10-8-12-7-3-5-11-6-4-9-15-11/h3-6,9,12H,2,7-8,10H2,1H3/b5-3+. The molecule has 1 rings (SSSR count). The molecule has 0 aromatic carbocycles. The van der Waals surface area contributed by atoms with Gasteiger partial charge in [-0.2, -0.15) is 0 Å². The van der Waals surface area contributed by atoms with Crippen molar-refractivity contribution in [1.29, 1.82) is 0 Å². The molecule has 4 nitrogen and oxygen atoms in total. The van der Waals surface area contributed by atoms with E-state index in [0.29, 0.717) is 13.1 Å². The highest BCUT2D eigenvalue weighted by atomic mass is 32.2. The molecular formula is C11H17NO3S. The molecule has 0 unspecified atom stereocenters. The van der Waals surface area contributed by atoms with Gasteiger partial charge in [0, 0.05) is 18.8 Å². The molecule has 0 saturated heterocycles. The highest BCUT2D eigenvalue weighted by Gasteiger charge is 2.04. The summed E-state index contributed by atoms with van der Waals surface area (Å²) < 4.78 is 27.4. The maximum atomic E-state index is 11.1. The summed E-state index contributed by atoms with van der Waals surface area (Å²) in [4.78, 5) is 0. The van der Waals surface area contributed by atoms with Gasteiger partial charge < -0.3 is 9.73 Å². The van der Waals surface area contributed by atoms with Crippen LogP contribution in [0.25, 0.3) is 6.08 Å². The van der Waals surface area contributed by atoms with Crippen molar-refractivity contribution in [3.8, 4) is 0 Å². The van der Waals surface area contributed by atoms with Crippen molar-refractivity contribution in [3.05, 3.63) is 30.2 Å². The van der Waals surface area contributed by atoms with Gasteiger partial charge in [0.1, 0.15) is 5.76 Å². The minimum Gasteiger partial charge on any atom is -0.465 e. The molecule has 0 bridgehead atoms. The van der Waals surface area contributed by atoms with Crippen LogP contribution in [0.3, 0.4) is 0 Å². The van der Waals surface area contributed by atoms with Gasteiger partial charge in [-0.3, -0.25) is 0 Å². The van der Waals surface area contributed by atoms with E-state index in [4.69, 9.17) is 4.42 Å². The molecule has 0 aliphatic heterocycles. The second-order valence-corrected chi connectivity index (χ2v) is 5.83. The Morgan fingerprint density at radius 2 is 2.31 bits per heavy atom. The molecule has 0 aliphatic rings. The average Bonchev–Trinajstić information content (AvgIpc) is 2.76. The van der Waals surface area contributed by atoms with Crippen LogP contribution in [0, 0.1) is 0 Å². The van der Waals surface area contributed by atoms with Gasteiger partial charge >= 0.3 is 0 Å².